The third-order valence-corrected chi connectivity index (χ3v) is 6.17. The summed E-state index contributed by atoms with van der Waals surface area (Å²) in [5.74, 6) is 1.14. The van der Waals surface area contributed by atoms with Crippen molar-refractivity contribution in [2.75, 3.05) is 5.75 Å². The predicted molar refractivity (Wildman–Crippen MR) is 95.7 cm³/mol. The van der Waals surface area contributed by atoms with Crippen LogP contribution in [0.25, 0.3) is 0 Å². The van der Waals surface area contributed by atoms with Crippen molar-refractivity contribution in [2.45, 2.75) is 38.4 Å². The predicted octanol–water partition coefficient (Wildman–Crippen LogP) is 3.71. The number of pyridine rings is 1. The molecule has 4 nitrogen and oxygen atoms in total. The molecule has 0 saturated carbocycles. The van der Waals surface area contributed by atoms with Gasteiger partial charge < -0.3 is 9.47 Å². The molecule has 3 atom stereocenters. The third-order valence-electron chi connectivity index (χ3n) is 5.04. The zero-order valence-corrected chi connectivity index (χ0v) is 14.6. The Morgan fingerprint density at radius 2 is 2.13 bits per heavy atom. The van der Waals surface area contributed by atoms with Crippen molar-refractivity contribution in [2.24, 2.45) is 12.0 Å². The number of aryl methyl sites for hydroxylation is 1. The van der Waals surface area contributed by atoms with Crippen LogP contribution in [0.5, 0.6) is 0 Å². The van der Waals surface area contributed by atoms with Crippen LogP contribution in [0.3, 0.4) is 0 Å². The Balaban J connectivity index is 1.82. The molecule has 1 saturated heterocycles. The fourth-order valence-corrected chi connectivity index (χ4v) is 4.94. The van der Waals surface area contributed by atoms with Gasteiger partial charge in [0.05, 0.1) is 11.7 Å². The second-order valence-corrected chi connectivity index (χ2v) is 7.28. The number of fused-ring (bicyclic) bond motifs is 1. The summed E-state index contributed by atoms with van der Waals surface area (Å²) in [6, 6.07) is 11.5. The standard InChI is InChI=1S/C18H22N4S/c1-4-13-11-23-18-20-16(14-7-5-6-10-19-14)17(22(13)18)15-9-8-12(2)21(15)3/h5-10,13,16-17H,4,11H2,1-3H3/t13-,16+,17+/m1/s1. The zero-order chi connectivity index (χ0) is 16.0. The molecule has 2 aromatic heterocycles. The lowest BCUT2D eigenvalue weighted by Gasteiger charge is -2.32. The summed E-state index contributed by atoms with van der Waals surface area (Å²) in [6.07, 6.45) is 3.03. The van der Waals surface area contributed by atoms with Crippen molar-refractivity contribution in [1.82, 2.24) is 14.5 Å². The minimum atomic E-state index is 0.0843. The van der Waals surface area contributed by atoms with Gasteiger partial charge in [-0.3, -0.25) is 9.98 Å². The third kappa shape index (κ3) is 2.29. The SMILES string of the molecule is CC[C@@H]1CSC2=N[C@@H](c3ccccn3)[C@H](c3ccc(C)n3C)N21. The molecule has 4 heterocycles. The van der Waals surface area contributed by atoms with E-state index < -0.39 is 0 Å². The van der Waals surface area contributed by atoms with Crippen LogP contribution in [0.4, 0.5) is 0 Å². The highest BCUT2D eigenvalue weighted by atomic mass is 32.2. The molecule has 5 heteroatoms. The lowest BCUT2D eigenvalue weighted by Crippen LogP contribution is -2.36. The fourth-order valence-electron chi connectivity index (χ4n) is 3.60. The van der Waals surface area contributed by atoms with Crippen LogP contribution in [-0.2, 0) is 7.05 Å². The highest BCUT2D eigenvalue weighted by Crippen LogP contribution is 2.48. The topological polar surface area (TPSA) is 33.4 Å². The summed E-state index contributed by atoms with van der Waals surface area (Å²) >= 11 is 1.89. The molecule has 0 unspecified atom stereocenters. The van der Waals surface area contributed by atoms with E-state index in [1.54, 1.807) is 0 Å². The molecule has 4 rings (SSSR count). The van der Waals surface area contributed by atoms with Crippen LogP contribution in [0.15, 0.2) is 41.5 Å². The summed E-state index contributed by atoms with van der Waals surface area (Å²) in [6.45, 7) is 4.43. The summed E-state index contributed by atoms with van der Waals surface area (Å²) in [4.78, 5) is 12.2. The van der Waals surface area contributed by atoms with Gasteiger partial charge in [-0.25, -0.2) is 0 Å². The van der Waals surface area contributed by atoms with Gasteiger partial charge >= 0.3 is 0 Å². The first-order chi connectivity index (χ1) is 11.2. The molecule has 23 heavy (non-hydrogen) atoms. The lowest BCUT2D eigenvalue weighted by atomic mass is 9.99. The van der Waals surface area contributed by atoms with E-state index in [2.05, 4.69) is 59.6 Å². The van der Waals surface area contributed by atoms with Crippen LogP contribution in [-0.4, -0.2) is 31.4 Å². The first-order valence-corrected chi connectivity index (χ1v) is 9.21. The molecule has 2 aliphatic rings. The Kier molecular flexibility index (Phi) is 3.68. The average Bonchev–Trinajstić information content (AvgIpc) is 3.23. The van der Waals surface area contributed by atoms with Crippen molar-refractivity contribution in [1.29, 1.82) is 0 Å². The van der Waals surface area contributed by atoms with Gasteiger partial charge in [0.15, 0.2) is 5.17 Å². The summed E-state index contributed by atoms with van der Waals surface area (Å²) in [5.41, 5.74) is 3.68. The number of hydrogen-bond acceptors (Lipinski definition) is 4. The maximum atomic E-state index is 5.06. The summed E-state index contributed by atoms with van der Waals surface area (Å²) < 4.78 is 2.30. The molecule has 120 valence electrons. The van der Waals surface area contributed by atoms with Crippen molar-refractivity contribution in [3.05, 3.63) is 53.6 Å². The van der Waals surface area contributed by atoms with Gasteiger partial charge in [0.25, 0.3) is 0 Å². The quantitative estimate of drug-likeness (QED) is 0.862. The maximum Gasteiger partial charge on any atom is 0.160 e. The van der Waals surface area contributed by atoms with Gasteiger partial charge in [-0.1, -0.05) is 24.8 Å². The van der Waals surface area contributed by atoms with Gasteiger partial charge in [0.2, 0.25) is 0 Å². The molecule has 2 aliphatic heterocycles. The zero-order valence-electron chi connectivity index (χ0n) is 13.8. The molecule has 2 aromatic rings. The van der Waals surface area contributed by atoms with E-state index in [9.17, 15) is 0 Å². The average molecular weight is 326 g/mol. The molecule has 0 spiro atoms. The second kappa shape index (κ2) is 5.71. The first-order valence-electron chi connectivity index (χ1n) is 8.22. The van der Waals surface area contributed by atoms with E-state index in [4.69, 9.17) is 4.99 Å². The Bertz CT molecular complexity index is 737. The van der Waals surface area contributed by atoms with Gasteiger partial charge in [-0.15, -0.1) is 0 Å². The number of amidine groups is 1. The Labute approximate surface area is 141 Å². The minimum Gasteiger partial charge on any atom is -0.350 e. The van der Waals surface area contributed by atoms with Crippen LogP contribution >= 0.6 is 11.8 Å². The smallest absolute Gasteiger partial charge is 0.160 e. The number of thioether (sulfide) groups is 1. The molecule has 0 aliphatic carbocycles. The van der Waals surface area contributed by atoms with E-state index in [0.717, 1.165) is 17.9 Å². The lowest BCUT2D eigenvalue weighted by molar-refractivity contribution is 0.247. The normalized spacial score (nSPS) is 26.5. The van der Waals surface area contributed by atoms with Crippen LogP contribution in [0.2, 0.25) is 0 Å². The number of aliphatic imine (C=N–C) groups is 1. The molecule has 1 fully saturated rings. The molecule has 0 aromatic carbocycles. The van der Waals surface area contributed by atoms with Crippen LogP contribution < -0.4 is 0 Å². The molecule has 0 amide bonds. The van der Waals surface area contributed by atoms with Gasteiger partial charge in [-0.2, -0.15) is 0 Å². The van der Waals surface area contributed by atoms with E-state index in [1.165, 1.54) is 16.6 Å². The Morgan fingerprint density at radius 1 is 1.26 bits per heavy atom. The first kappa shape index (κ1) is 14.8. The number of nitrogens with zero attached hydrogens (tertiary/aromatic N) is 4. The largest absolute Gasteiger partial charge is 0.350 e. The Morgan fingerprint density at radius 3 is 2.78 bits per heavy atom. The molecule has 0 radical (unpaired) electrons. The molecular formula is C18H22N4S. The Hall–Kier alpha value is -1.75. The highest BCUT2D eigenvalue weighted by molar-refractivity contribution is 8.14. The monoisotopic (exact) mass is 326 g/mol. The number of rotatable bonds is 3. The van der Waals surface area contributed by atoms with E-state index in [-0.39, 0.29) is 12.1 Å². The molecular weight excluding hydrogens is 304 g/mol. The van der Waals surface area contributed by atoms with E-state index in [0.29, 0.717) is 6.04 Å². The van der Waals surface area contributed by atoms with Crippen molar-refractivity contribution >= 4 is 16.9 Å². The summed E-state index contributed by atoms with van der Waals surface area (Å²) in [7, 11) is 2.16. The van der Waals surface area contributed by atoms with E-state index in [1.807, 2.05) is 24.0 Å². The highest BCUT2D eigenvalue weighted by Gasteiger charge is 2.46. The van der Waals surface area contributed by atoms with Crippen molar-refractivity contribution in [3.63, 3.8) is 0 Å². The van der Waals surface area contributed by atoms with Crippen LogP contribution in [0, 0.1) is 6.92 Å². The fraction of sp³-hybridized carbons (Fsp3) is 0.444. The molecule has 0 bridgehead atoms. The maximum absolute atomic E-state index is 5.06. The number of aromatic nitrogens is 2. The number of hydrogen-bond donors (Lipinski definition) is 0. The van der Waals surface area contributed by atoms with E-state index >= 15 is 0 Å². The minimum absolute atomic E-state index is 0.0843. The van der Waals surface area contributed by atoms with Crippen LogP contribution in [0.1, 0.15) is 42.5 Å². The summed E-state index contributed by atoms with van der Waals surface area (Å²) in [5, 5.41) is 1.19. The van der Waals surface area contributed by atoms with Gasteiger partial charge in [0, 0.05) is 36.4 Å². The van der Waals surface area contributed by atoms with Crippen molar-refractivity contribution in [3.8, 4) is 0 Å². The van der Waals surface area contributed by atoms with Gasteiger partial charge in [0.1, 0.15) is 6.04 Å². The van der Waals surface area contributed by atoms with Gasteiger partial charge in [-0.05, 0) is 37.6 Å². The van der Waals surface area contributed by atoms with Crippen molar-refractivity contribution < 1.29 is 0 Å². The second-order valence-electron chi connectivity index (χ2n) is 6.29. The molecule has 0 N–H and O–H groups in total.